The number of benzene rings is 22. The van der Waals surface area contributed by atoms with Crippen molar-refractivity contribution < 1.29 is 0 Å². The molecule has 0 saturated carbocycles. The molecule has 22 aromatic carbocycles. The molecule has 0 aliphatic rings. The highest BCUT2D eigenvalue weighted by atomic mass is 79.9. The van der Waals surface area contributed by atoms with Gasteiger partial charge in [0, 0.05) is 65.8 Å². The van der Waals surface area contributed by atoms with Gasteiger partial charge in [-0.15, -0.1) is 0 Å². The molecule has 0 fully saturated rings. The fourth-order valence-corrected chi connectivity index (χ4v) is 19.1. The number of para-hydroxylation sites is 4. The van der Waals surface area contributed by atoms with Gasteiger partial charge in [-0.2, -0.15) is 0 Å². The number of nitrogens with one attached hydrogen (secondary N) is 1. The Morgan fingerprint density at radius 1 is 0.165 bits per heavy atom. The summed E-state index contributed by atoms with van der Waals surface area (Å²) < 4.78 is 5.86. The van der Waals surface area contributed by atoms with Crippen molar-refractivity contribution in [1.82, 2.24) is 9.13 Å². The molecule has 0 aliphatic heterocycles. The molecule has 24 aromatic rings. The molecule has 0 amide bonds. The summed E-state index contributed by atoms with van der Waals surface area (Å²) in [5, 5.41) is 13.7. The van der Waals surface area contributed by atoms with E-state index in [0.29, 0.717) is 0 Å². The molecule has 0 radical (unpaired) electrons. The summed E-state index contributed by atoms with van der Waals surface area (Å²) in [5.41, 5.74) is 36.8. The monoisotopic (exact) mass is 1760 g/mol. The number of rotatable bonds is 17. The first-order valence-corrected chi connectivity index (χ1v) is 46.1. The van der Waals surface area contributed by atoms with Crippen LogP contribution in [0.3, 0.4) is 0 Å². The fourth-order valence-electron chi connectivity index (χ4n) is 18.9. The molecule has 5 heteroatoms. The quantitative estimate of drug-likeness (QED) is 0.0983. The molecule has 2 aromatic heterocycles. The van der Waals surface area contributed by atoms with Crippen LogP contribution in [-0.4, -0.2) is 9.13 Å². The van der Waals surface area contributed by atoms with Gasteiger partial charge in [-0.1, -0.05) is 416 Å². The molecular formula is C128H89BrN4. The Kier molecular flexibility index (Phi) is 22.8. The van der Waals surface area contributed by atoms with Crippen LogP contribution in [0.25, 0.3) is 188 Å². The smallest absolute Gasteiger partial charge is 0.0541 e. The van der Waals surface area contributed by atoms with Crippen molar-refractivity contribution in [3.8, 4) is 123 Å². The maximum absolute atomic E-state index is 3.59. The summed E-state index contributed by atoms with van der Waals surface area (Å²) in [6, 6.07) is 192. The summed E-state index contributed by atoms with van der Waals surface area (Å²) in [7, 11) is 0. The summed E-state index contributed by atoms with van der Waals surface area (Å²) in [6.45, 7) is 0. The molecular weight excluding hydrogens is 1670 g/mol. The second kappa shape index (κ2) is 37.0. The number of nitrogens with zero attached hydrogens (tertiary/aromatic N) is 3. The molecule has 0 unspecified atom stereocenters. The van der Waals surface area contributed by atoms with Crippen molar-refractivity contribution in [3.63, 3.8) is 0 Å². The van der Waals surface area contributed by atoms with Gasteiger partial charge in [0.2, 0.25) is 0 Å². The van der Waals surface area contributed by atoms with E-state index in [1.54, 1.807) is 0 Å². The topological polar surface area (TPSA) is 25.1 Å². The molecule has 1 N–H and O–H groups in total. The Bertz CT molecular complexity index is 8150. The number of fused-ring (bicyclic) bond motifs is 8. The van der Waals surface area contributed by atoms with Crippen molar-refractivity contribution in [2.75, 3.05) is 10.2 Å². The number of hydrogen-bond acceptors (Lipinski definition) is 2. The van der Waals surface area contributed by atoms with E-state index >= 15 is 0 Å². The van der Waals surface area contributed by atoms with Crippen molar-refractivity contribution in [3.05, 3.63) is 538 Å². The third kappa shape index (κ3) is 17.1. The summed E-state index contributed by atoms with van der Waals surface area (Å²) >= 11 is 3.46. The van der Waals surface area contributed by atoms with Crippen molar-refractivity contribution >= 4 is 110 Å². The van der Waals surface area contributed by atoms with E-state index in [9.17, 15) is 0 Å². The lowest BCUT2D eigenvalue weighted by Gasteiger charge is -2.26. The van der Waals surface area contributed by atoms with Gasteiger partial charge >= 0.3 is 0 Å². The van der Waals surface area contributed by atoms with E-state index in [-0.39, 0.29) is 0 Å². The number of anilines is 5. The average molecular weight is 1760 g/mol. The standard InChI is InChI=1S/C64H44N2.C46H32N2.C18H13Br/c1-2-13-45(14-3-1)46-27-29-47(30-28-46)48-31-37-55(38-32-48)65(56-39-33-49(34-40-56)52-17-10-19-54(43-52)60-24-12-16-51-15-4-5-21-59(51)60)57-41-35-50(36-42-57)53-18-11-20-58(44-53)66-63-25-8-6-22-61(63)62-23-7-9-26-64(62)66;1-2-16-41-34(10-1)11-9-19-42(41)37-14-7-12-35(30-37)32-22-26-38(27-23-32)47-39-28-24-33(25-29-39)36-13-8-15-40(31-36)48-45-20-5-3-17-43(45)44-18-4-6-21-46(44)48;19-18-12-10-17(11-13-18)16-8-6-15(7-9-16)14-4-2-1-3-5-14/h1-44H;1-31,47H;1-13H. The third-order valence-corrected chi connectivity index (χ3v) is 26.1. The molecule has 24 rings (SSSR count). The Labute approximate surface area is 784 Å². The van der Waals surface area contributed by atoms with Crippen molar-refractivity contribution in [2.24, 2.45) is 0 Å². The molecule has 0 bridgehead atoms. The van der Waals surface area contributed by atoms with Crippen LogP contribution < -0.4 is 10.2 Å². The van der Waals surface area contributed by atoms with Crippen molar-refractivity contribution in [1.29, 1.82) is 0 Å². The fraction of sp³-hybridized carbons (Fsp3) is 0. The molecule has 0 atom stereocenters. The van der Waals surface area contributed by atoms with E-state index in [1.807, 2.05) is 6.07 Å². The summed E-state index contributed by atoms with van der Waals surface area (Å²) in [5.74, 6) is 0. The summed E-state index contributed by atoms with van der Waals surface area (Å²) in [4.78, 5) is 2.36. The minimum Gasteiger partial charge on any atom is -0.356 e. The molecule has 0 saturated heterocycles. The second-order valence-electron chi connectivity index (χ2n) is 33.7. The van der Waals surface area contributed by atoms with Crippen molar-refractivity contribution in [2.45, 2.75) is 0 Å². The van der Waals surface area contributed by atoms with Gasteiger partial charge in [0.05, 0.1) is 22.1 Å². The second-order valence-corrected chi connectivity index (χ2v) is 34.6. The maximum atomic E-state index is 3.59. The first kappa shape index (κ1) is 81.8. The van der Waals surface area contributed by atoms with Crippen LogP contribution in [0.4, 0.5) is 28.4 Å². The van der Waals surface area contributed by atoms with Crippen LogP contribution in [0.5, 0.6) is 0 Å². The molecule has 2 heterocycles. The van der Waals surface area contributed by atoms with Gasteiger partial charge in [-0.3, -0.25) is 0 Å². The van der Waals surface area contributed by atoms with Gasteiger partial charge in [-0.25, -0.2) is 0 Å². The van der Waals surface area contributed by atoms with E-state index in [1.165, 1.54) is 171 Å². The highest BCUT2D eigenvalue weighted by Gasteiger charge is 2.20. The van der Waals surface area contributed by atoms with Gasteiger partial charge in [0.15, 0.2) is 0 Å². The lowest BCUT2D eigenvalue weighted by molar-refractivity contribution is 1.18. The zero-order valence-electron chi connectivity index (χ0n) is 73.0. The van der Waals surface area contributed by atoms with Gasteiger partial charge in [0.1, 0.15) is 0 Å². The normalized spacial score (nSPS) is 11.2. The first-order chi connectivity index (χ1) is 65.8. The third-order valence-electron chi connectivity index (χ3n) is 25.6. The predicted molar refractivity (Wildman–Crippen MR) is 569 cm³/mol. The predicted octanol–water partition coefficient (Wildman–Crippen LogP) is 36.2. The largest absolute Gasteiger partial charge is 0.356 e. The van der Waals surface area contributed by atoms with E-state index in [0.717, 1.165) is 49.8 Å². The van der Waals surface area contributed by atoms with Gasteiger partial charge < -0.3 is 19.4 Å². The average Bonchev–Trinajstić information content (AvgIpc) is 1.59. The number of hydrogen-bond donors (Lipinski definition) is 1. The maximum Gasteiger partial charge on any atom is 0.0541 e. The molecule has 4 nitrogen and oxygen atoms in total. The number of halogens is 1. The minimum absolute atomic E-state index is 1.06. The SMILES string of the molecule is Brc1ccc(-c2ccc(-c3ccccc3)cc2)cc1.c1cc(-c2ccc(Nc3ccc(-c4cccc(-n5c6ccccc6c6ccccc65)c4)cc3)cc2)cc(-c2cccc3ccccc23)c1.c1ccc(-c2ccc(-c3ccc(N(c4ccc(-c5cccc(-c6cccc7ccccc67)c5)cc4)c4ccc(-c5cccc(-n6c7ccccc7c7ccccc76)c5)cc4)cc3)cc2)cc1. The van der Waals surface area contributed by atoms with Crippen LogP contribution in [-0.2, 0) is 0 Å². The van der Waals surface area contributed by atoms with Crippen LogP contribution >= 0.6 is 15.9 Å². The molecule has 628 valence electrons. The Morgan fingerprint density at radius 2 is 0.391 bits per heavy atom. The van der Waals surface area contributed by atoms with Gasteiger partial charge in [-0.05, 0) is 266 Å². The first-order valence-electron chi connectivity index (χ1n) is 45.3. The van der Waals surface area contributed by atoms with E-state index in [4.69, 9.17) is 0 Å². The van der Waals surface area contributed by atoms with Crippen LogP contribution in [0.2, 0.25) is 0 Å². The van der Waals surface area contributed by atoms with Crippen LogP contribution in [0.1, 0.15) is 0 Å². The number of aromatic nitrogens is 2. The zero-order valence-corrected chi connectivity index (χ0v) is 74.6. The van der Waals surface area contributed by atoms with Crippen LogP contribution in [0, 0.1) is 0 Å². The Morgan fingerprint density at radius 3 is 0.729 bits per heavy atom. The highest BCUT2D eigenvalue weighted by Crippen LogP contribution is 2.43. The molecule has 0 spiro atoms. The van der Waals surface area contributed by atoms with Crippen LogP contribution in [0.15, 0.2) is 538 Å². The van der Waals surface area contributed by atoms with E-state index in [2.05, 4.69) is 563 Å². The Balaban J connectivity index is 0.000000133. The zero-order chi connectivity index (χ0) is 88.8. The minimum atomic E-state index is 1.06. The van der Waals surface area contributed by atoms with Gasteiger partial charge in [0.25, 0.3) is 0 Å². The highest BCUT2D eigenvalue weighted by molar-refractivity contribution is 9.10. The lowest BCUT2D eigenvalue weighted by Crippen LogP contribution is -2.09. The summed E-state index contributed by atoms with van der Waals surface area (Å²) in [6.07, 6.45) is 0. The van der Waals surface area contributed by atoms with E-state index < -0.39 is 0 Å². The molecule has 133 heavy (non-hydrogen) atoms. The molecule has 0 aliphatic carbocycles. The lowest BCUT2D eigenvalue weighted by atomic mass is 9.95. The Hall–Kier alpha value is -17.0.